The monoisotopic (exact) mass is 180 g/mol. The van der Waals surface area contributed by atoms with Crippen LogP contribution in [0.4, 0.5) is 0 Å². The molecule has 0 fully saturated rings. The molecule has 3 nitrogen and oxygen atoms in total. The van der Waals surface area contributed by atoms with Crippen LogP contribution in [0.25, 0.3) is 0 Å². The lowest BCUT2D eigenvalue weighted by molar-refractivity contribution is 0.111. The predicted molar refractivity (Wildman–Crippen MR) is 51.2 cm³/mol. The molecule has 1 rings (SSSR count). The predicted octanol–water partition coefficient (Wildman–Crippen LogP) is 1.86. The maximum Gasteiger partial charge on any atom is 0.100 e. The molecule has 1 aromatic heterocycles. The summed E-state index contributed by atoms with van der Waals surface area (Å²) in [7, 11) is 0. The van der Waals surface area contributed by atoms with Crippen molar-refractivity contribution >= 4 is 0 Å². The second kappa shape index (κ2) is 4.33. The number of hydrogen-bond donors (Lipinski definition) is 1. The maximum atomic E-state index is 9.78. The number of aryl methyl sites for hydroxylation is 1. The molecule has 0 aliphatic rings. The van der Waals surface area contributed by atoms with Gasteiger partial charge in [-0.3, -0.25) is 9.97 Å². The Morgan fingerprint density at radius 2 is 2.08 bits per heavy atom. The van der Waals surface area contributed by atoms with Crippen LogP contribution < -0.4 is 0 Å². The van der Waals surface area contributed by atoms with Crippen molar-refractivity contribution in [1.82, 2.24) is 9.97 Å². The summed E-state index contributed by atoms with van der Waals surface area (Å²) in [6.45, 7) is 5.94. The molecule has 0 aliphatic heterocycles. The first-order valence-corrected chi connectivity index (χ1v) is 4.61. The van der Waals surface area contributed by atoms with Crippen molar-refractivity contribution in [2.24, 2.45) is 5.92 Å². The third kappa shape index (κ3) is 2.49. The van der Waals surface area contributed by atoms with Gasteiger partial charge in [0.1, 0.15) is 6.10 Å². The molecule has 1 aromatic rings. The molecule has 0 amide bonds. The summed E-state index contributed by atoms with van der Waals surface area (Å²) in [5.41, 5.74) is 1.54. The van der Waals surface area contributed by atoms with Crippen molar-refractivity contribution < 1.29 is 5.11 Å². The Labute approximate surface area is 78.9 Å². The fourth-order valence-corrected chi connectivity index (χ4v) is 1.07. The van der Waals surface area contributed by atoms with Crippen LogP contribution in [0.5, 0.6) is 0 Å². The Morgan fingerprint density at radius 3 is 2.54 bits per heavy atom. The topological polar surface area (TPSA) is 46.0 Å². The molecule has 72 valence electrons. The first-order chi connectivity index (χ1) is 6.15. The third-order valence-corrected chi connectivity index (χ3v) is 2.29. The van der Waals surface area contributed by atoms with E-state index in [1.807, 2.05) is 13.8 Å². The Kier molecular flexibility index (Phi) is 3.37. The number of aliphatic hydroxyl groups is 1. The van der Waals surface area contributed by atoms with Crippen LogP contribution in [0.1, 0.15) is 37.8 Å². The first-order valence-electron chi connectivity index (χ1n) is 4.61. The van der Waals surface area contributed by atoms with Gasteiger partial charge in [0.15, 0.2) is 0 Å². The largest absolute Gasteiger partial charge is 0.386 e. The highest BCUT2D eigenvalue weighted by atomic mass is 16.3. The van der Waals surface area contributed by atoms with Gasteiger partial charge in [-0.2, -0.15) is 0 Å². The zero-order valence-corrected chi connectivity index (χ0v) is 8.36. The van der Waals surface area contributed by atoms with E-state index in [-0.39, 0.29) is 5.92 Å². The molecule has 0 aromatic carbocycles. The molecule has 3 heteroatoms. The highest BCUT2D eigenvalue weighted by Gasteiger charge is 2.15. The summed E-state index contributed by atoms with van der Waals surface area (Å²) < 4.78 is 0. The van der Waals surface area contributed by atoms with E-state index in [1.165, 1.54) is 0 Å². The smallest absolute Gasteiger partial charge is 0.100 e. The van der Waals surface area contributed by atoms with Gasteiger partial charge in [-0.25, -0.2) is 0 Å². The van der Waals surface area contributed by atoms with E-state index in [4.69, 9.17) is 0 Å². The molecule has 2 atom stereocenters. The number of hydrogen-bond acceptors (Lipinski definition) is 3. The van der Waals surface area contributed by atoms with Gasteiger partial charge in [-0.15, -0.1) is 0 Å². The second-order valence-corrected chi connectivity index (χ2v) is 3.41. The molecule has 0 aliphatic carbocycles. The van der Waals surface area contributed by atoms with Gasteiger partial charge in [0.25, 0.3) is 0 Å². The van der Waals surface area contributed by atoms with Crippen molar-refractivity contribution in [3.8, 4) is 0 Å². The minimum absolute atomic E-state index is 0.233. The summed E-state index contributed by atoms with van der Waals surface area (Å²) in [5, 5.41) is 9.78. The normalized spacial score (nSPS) is 15.4. The Morgan fingerprint density at radius 1 is 1.38 bits per heavy atom. The van der Waals surface area contributed by atoms with Crippen LogP contribution in [0.3, 0.4) is 0 Å². The van der Waals surface area contributed by atoms with Gasteiger partial charge in [-0.05, 0) is 12.8 Å². The SMILES string of the molecule is CCC(C)C(O)c1cnc(C)cn1. The van der Waals surface area contributed by atoms with Gasteiger partial charge in [0, 0.05) is 6.20 Å². The lowest BCUT2D eigenvalue weighted by Crippen LogP contribution is -2.10. The van der Waals surface area contributed by atoms with Gasteiger partial charge in [0.05, 0.1) is 17.6 Å². The number of aliphatic hydroxyl groups excluding tert-OH is 1. The van der Waals surface area contributed by atoms with Crippen molar-refractivity contribution in [1.29, 1.82) is 0 Å². The lowest BCUT2D eigenvalue weighted by atomic mass is 10.00. The van der Waals surface area contributed by atoms with Crippen LogP contribution in [-0.4, -0.2) is 15.1 Å². The van der Waals surface area contributed by atoms with Crippen molar-refractivity contribution in [3.63, 3.8) is 0 Å². The molecular formula is C10H16N2O. The minimum atomic E-state index is -0.488. The van der Waals surface area contributed by atoms with Crippen LogP contribution >= 0.6 is 0 Å². The fourth-order valence-electron chi connectivity index (χ4n) is 1.07. The van der Waals surface area contributed by atoms with E-state index in [1.54, 1.807) is 12.4 Å². The van der Waals surface area contributed by atoms with E-state index >= 15 is 0 Å². The van der Waals surface area contributed by atoms with Crippen LogP contribution in [0, 0.1) is 12.8 Å². The summed E-state index contributed by atoms with van der Waals surface area (Å²) in [6, 6.07) is 0. The number of aromatic nitrogens is 2. The van der Waals surface area contributed by atoms with E-state index in [9.17, 15) is 5.11 Å². The van der Waals surface area contributed by atoms with E-state index < -0.39 is 6.10 Å². The molecule has 1 N–H and O–H groups in total. The zero-order valence-electron chi connectivity index (χ0n) is 8.36. The highest BCUT2D eigenvalue weighted by Crippen LogP contribution is 2.21. The fraction of sp³-hybridized carbons (Fsp3) is 0.600. The summed E-state index contributed by atoms with van der Waals surface area (Å²) >= 11 is 0. The highest BCUT2D eigenvalue weighted by molar-refractivity contribution is 5.04. The molecule has 1 heterocycles. The van der Waals surface area contributed by atoms with Crippen molar-refractivity contribution in [2.45, 2.75) is 33.3 Å². The van der Waals surface area contributed by atoms with Crippen molar-refractivity contribution in [3.05, 3.63) is 23.8 Å². The van der Waals surface area contributed by atoms with Crippen LogP contribution in [0.2, 0.25) is 0 Å². The molecular weight excluding hydrogens is 164 g/mol. The number of nitrogens with zero attached hydrogens (tertiary/aromatic N) is 2. The quantitative estimate of drug-likeness (QED) is 0.772. The zero-order chi connectivity index (χ0) is 9.84. The summed E-state index contributed by atoms with van der Waals surface area (Å²) in [6.07, 6.45) is 3.78. The molecule has 13 heavy (non-hydrogen) atoms. The van der Waals surface area contributed by atoms with E-state index in [2.05, 4.69) is 16.9 Å². The third-order valence-electron chi connectivity index (χ3n) is 2.29. The minimum Gasteiger partial charge on any atom is -0.386 e. The molecule has 0 saturated heterocycles. The Bertz CT molecular complexity index is 258. The van der Waals surface area contributed by atoms with Crippen molar-refractivity contribution in [2.75, 3.05) is 0 Å². The average Bonchev–Trinajstić information content (AvgIpc) is 2.17. The number of rotatable bonds is 3. The summed E-state index contributed by atoms with van der Waals surface area (Å²) in [4.78, 5) is 8.23. The molecule has 0 saturated carbocycles. The van der Waals surface area contributed by atoms with Crippen LogP contribution in [-0.2, 0) is 0 Å². The molecule has 0 bridgehead atoms. The van der Waals surface area contributed by atoms with Gasteiger partial charge in [0.2, 0.25) is 0 Å². The van der Waals surface area contributed by atoms with Crippen LogP contribution in [0.15, 0.2) is 12.4 Å². The maximum absolute atomic E-state index is 9.78. The Hall–Kier alpha value is -0.960. The van der Waals surface area contributed by atoms with Gasteiger partial charge in [-0.1, -0.05) is 20.3 Å². The molecule has 0 radical (unpaired) electrons. The molecule has 0 spiro atoms. The lowest BCUT2D eigenvalue weighted by Gasteiger charge is -2.15. The molecule has 2 unspecified atom stereocenters. The van der Waals surface area contributed by atoms with Gasteiger partial charge >= 0.3 is 0 Å². The van der Waals surface area contributed by atoms with Gasteiger partial charge < -0.3 is 5.11 Å². The van der Waals surface area contributed by atoms with E-state index in [0.29, 0.717) is 5.69 Å². The van der Waals surface area contributed by atoms with E-state index in [0.717, 1.165) is 12.1 Å². The first kappa shape index (κ1) is 10.1. The summed E-state index contributed by atoms with van der Waals surface area (Å²) in [5.74, 6) is 0.233. The Balaban J connectivity index is 2.77. The second-order valence-electron chi connectivity index (χ2n) is 3.41. The standard InChI is InChI=1S/C10H16N2O/c1-4-7(2)10(13)9-6-11-8(3)5-12-9/h5-7,10,13H,4H2,1-3H3. The average molecular weight is 180 g/mol.